The highest BCUT2D eigenvalue weighted by Gasteiger charge is 2.18. The summed E-state index contributed by atoms with van der Waals surface area (Å²) >= 11 is 0. The molecule has 2 aromatic rings. The largest absolute Gasteiger partial charge is 0.393 e. The number of hydrogen-bond donors (Lipinski definition) is 2. The third-order valence-electron chi connectivity index (χ3n) is 4.70. The van der Waals surface area contributed by atoms with Crippen LogP contribution in [-0.2, 0) is 6.54 Å². The molecule has 4 heteroatoms. The second-order valence-corrected chi connectivity index (χ2v) is 6.99. The van der Waals surface area contributed by atoms with Gasteiger partial charge in [-0.05, 0) is 50.5 Å². The molecule has 0 unspecified atom stereocenters. The Morgan fingerprint density at radius 1 is 1.12 bits per heavy atom. The number of hydrogen-bond acceptors (Lipinski definition) is 3. The molecule has 1 saturated heterocycles. The number of piperidine rings is 1. The Balaban J connectivity index is 1.73. The molecule has 0 atom stereocenters. The smallest absolute Gasteiger partial charge is 0.255 e. The average molecular weight is 338 g/mol. The molecule has 1 amide bonds. The van der Waals surface area contributed by atoms with Gasteiger partial charge in [0.15, 0.2) is 0 Å². The topological polar surface area (TPSA) is 52.6 Å². The molecule has 0 bridgehead atoms. The van der Waals surface area contributed by atoms with Gasteiger partial charge in [-0.2, -0.15) is 0 Å². The first kappa shape index (κ1) is 17.6. The van der Waals surface area contributed by atoms with Crippen LogP contribution in [0.4, 0.5) is 5.69 Å². The standard InChI is InChI=1S/C21H26N2O2/c1-15-11-16(2)13-18(12-15)21(25)22-20-6-4-3-5-17(20)14-23-9-7-19(24)8-10-23/h3-6,11-13,19,24H,7-10,14H2,1-2H3,(H,22,25). The molecule has 4 nitrogen and oxygen atoms in total. The summed E-state index contributed by atoms with van der Waals surface area (Å²) in [5.74, 6) is -0.0756. The molecule has 2 N–H and O–H groups in total. The van der Waals surface area contributed by atoms with Gasteiger partial charge in [-0.15, -0.1) is 0 Å². The van der Waals surface area contributed by atoms with Gasteiger partial charge >= 0.3 is 0 Å². The van der Waals surface area contributed by atoms with Gasteiger partial charge in [-0.25, -0.2) is 0 Å². The van der Waals surface area contributed by atoms with Gasteiger partial charge in [0.1, 0.15) is 0 Å². The fraction of sp³-hybridized carbons (Fsp3) is 0.381. The molecule has 1 aliphatic rings. The second kappa shape index (κ2) is 7.81. The average Bonchev–Trinajstić information content (AvgIpc) is 2.58. The summed E-state index contributed by atoms with van der Waals surface area (Å²) in [5, 5.41) is 12.7. The van der Waals surface area contributed by atoms with Crippen molar-refractivity contribution in [2.45, 2.75) is 39.3 Å². The van der Waals surface area contributed by atoms with E-state index in [0.717, 1.165) is 54.9 Å². The zero-order chi connectivity index (χ0) is 17.8. The van der Waals surface area contributed by atoms with Crippen molar-refractivity contribution in [1.82, 2.24) is 4.90 Å². The van der Waals surface area contributed by atoms with Crippen LogP contribution in [-0.4, -0.2) is 35.1 Å². The Morgan fingerprint density at radius 3 is 2.44 bits per heavy atom. The summed E-state index contributed by atoms with van der Waals surface area (Å²) in [7, 11) is 0. The van der Waals surface area contributed by atoms with Crippen molar-refractivity contribution < 1.29 is 9.90 Å². The minimum atomic E-state index is -0.171. The van der Waals surface area contributed by atoms with Crippen LogP contribution in [0.5, 0.6) is 0 Å². The predicted octanol–water partition coefficient (Wildman–Crippen LogP) is 3.51. The molecular formula is C21H26N2O2. The van der Waals surface area contributed by atoms with Crippen molar-refractivity contribution in [3.05, 3.63) is 64.7 Å². The summed E-state index contributed by atoms with van der Waals surface area (Å²) in [5.41, 5.74) is 4.83. The Morgan fingerprint density at radius 2 is 1.76 bits per heavy atom. The van der Waals surface area contributed by atoms with E-state index in [2.05, 4.69) is 22.3 Å². The summed E-state index contributed by atoms with van der Waals surface area (Å²) in [6.07, 6.45) is 1.46. The lowest BCUT2D eigenvalue weighted by Crippen LogP contribution is -2.35. The number of rotatable bonds is 4. The maximum atomic E-state index is 12.6. The van der Waals surface area contributed by atoms with Gasteiger partial charge in [-0.1, -0.05) is 35.4 Å². The van der Waals surface area contributed by atoms with E-state index < -0.39 is 0 Å². The number of nitrogens with one attached hydrogen (secondary N) is 1. The first-order valence-electron chi connectivity index (χ1n) is 8.89. The summed E-state index contributed by atoms with van der Waals surface area (Å²) in [6, 6.07) is 13.8. The molecule has 0 aromatic heterocycles. The molecule has 1 fully saturated rings. The van der Waals surface area contributed by atoms with Crippen molar-refractivity contribution in [3.63, 3.8) is 0 Å². The van der Waals surface area contributed by atoms with Crippen LogP contribution in [0.1, 0.15) is 39.9 Å². The highest BCUT2D eigenvalue weighted by Crippen LogP contribution is 2.21. The minimum Gasteiger partial charge on any atom is -0.393 e. The predicted molar refractivity (Wildman–Crippen MR) is 101 cm³/mol. The Bertz CT molecular complexity index is 729. The number of aryl methyl sites for hydroxylation is 2. The summed E-state index contributed by atoms with van der Waals surface area (Å²) in [4.78, 5) is 15.0. The monoisotopic (exact) mass is 338 g/mol. The lowest BCUT2D eigenvalue weighted by molar-refractivity contribution is 0.0793. The third kappa shape index (κ3) is 4.68. The van der Waals surface area contributed by atoms with Crippen LogP contribution in [0.3, 0.4) is 0 Å². The molecule has 0 spiro atoms. The molecule has 0 aliphatic carbocycles. The lowest BCUT2D eigenvalue weighted by atomic mass is 10.1. The number of carbonyl (C=O) groups excluding carboxylic acids is 1. The van der Waals surface area contributed by atoms with Crippen LogP contribution < -0.4 is 5.32 Å². The van der Waals surface area contributed by atoms with Crippen LogP contribution in [0.25, 0.3) is 0 Å². The number of para-hydroxylation sites is 1. The molecule has 0 saturated carbocycles. The number of aliphatic hydroxyl groups is 1. The maximum Gasteiger partial charge on any atom is 0.255 e. The van der Waals surface area contributed by atoms with E-state index in [4.69, 9.17) is 0 Å². The van der Waals surface area contributed by atoms with E-state index in [9.17, 15) is 9.90 Å². The lowest BCUT2D eigenvalue weighted by Gasteiger charge is -2.30. The zero-order valence-electron chi connectivity index (χ0n) is 15.0. The molecule has 3 rings (SSSR count). The molecule has 132 valence electrons. The highest BCUT2D eigenvalue weighted by molar-refractivity contribution is 6.04. The van der Waals surface area contributed by atoms with Crippen LogP contribution in [0.2, 0.25) is 0 Å². The number of nitrogens with zero attached hydrogens (tertiary/aromatic N) is 1. The SMILES string of the molecule is Cc1cc(C)cc(C(=O)Nc2ccccc2CN2CCC(O)CC2)c1. The fourth-order valence-corrected chi connectivity index (χ4v) is 3.40. The van der Waals surface area contributed by atoms with Gasteiger partial charge in [0.2, 0.25) is 0 Å². The Labute approximate surface area is 149 Å². The molecule has 25 heavy (non-hydrogen) atoms. The number of anilines is 1. The highest BCUT2D eigenvalue weighted by atomic mass is 16.3. The van der Waals surface area contributed by atoms with Crippen LogP contribution >= 0.6 is 0 Å². The first-order chi connectivity index (χ1) is 12.0. The molecule has 0 radical (unpaired) electrons. The second-order valence-electron chi connectivity index (χ2n) is 6.99. The van der Waals surface area contributed by atoms with Crippen molar-refractivity contribution in [2.24, 2.45) is 0 Å². The quantitative estimate of drug-likeness (QED) is 0.897. The Hall–Kier alpha value is -2.17. The van der Waals surface area contributed by atoms with Crippen molar-refractivity contribution in [1.29, 1.82) is 0 Å². The first-order valence-corrected chi connectivity index (χ1v) is 8.89. The van der Waals surface area contributed by atoms with E-state index >= 15 is 0 Å². The van der Waals surface area contributed by atoms with Crippen molar-refractivity contribution >= 4 is 11.6 Å². The summed E-state index contributed by atoms with van der Waals surface area (Å²) < 4.78 is 0. The molecule has 1 heterocycles. The van der Waals surface area contributed by atoms with Crippen LogP contribution in [0.15, 0.2) is 42.5 Å². The van der Waals surface area contributed by atoms with E-state index in [1.165, 1.54) is 0 Å². The van der Waals surface area contributed by atoms with E-state index in [1.807, 2.05) is 44.2 Å². The van der Waals surface area contributed by atoms with Gasteiger partial charge < -0.3 is 10.4 Å². The number of likely N-dealkylation sites (tertiary alicyclic amines) is 1. The molecular weight excluding hydrogens is 312 g/mol. The maximum absolute atomic E-state index is 12.6. The van der Waals surface area contributed by atoms with Gasteiger partial charge in [0, 0.05) is 30.9 Å². The normalized spacial score (nSPS) is 16.0. The van der Waals surface area contributed by atoms with Gasteiger partial charge in [0.25, 0.3) is 5.91 Å². The Kier molecular flexibility index (Phi) is 5.51. The van der Waals surface area contributed by atoms with Crippen LogP contribution in [0, 0.1) is 13.8 Å². The molecule has 1 aliphatic heterocycles. The van der Waals surface area contributed by atoms with Gasteiger partial charge in [0.05, 0.1) is 6.10 Å². The van der Waals surface area contributed by atoms with E-state index in [0.29, 0.717) is 5.56 Å². The van der Waals surface area contributed by atoms with E-state index in [1.54, 1.807) is 0 Å². The zero-order valence-corrected chi connectivity index (χ0v) is 15.0. The van der Waals surface area contributed by atoms with Crippen molar-refractivity contribution in [2.75, 3.05) is 18.4 Å². The molecule has 2 aromatic carbocycles. The number of carbonyl (C=O) groups is 1. The van der Waals surface area contributed by atoms with Crippen molar-refractivity contribution in [3.8, 4) is 0 Å². The van der Waals surface area contributed by atoms with E-state index in [-0.39, 0.29) is 12.0 Å². The fourth-order valence-electron chi connectivity index (χ4n) is 3.40. The number of amides is 1. The third-order valence-corrected chi connectivity index (χ3v) is 4.70. The minimum absolute atomic E-state index is 0.0756. The van der Waals surface area contributed by atoms with Gasteiger partial charge in [-0.3, -0.25) is 9.69 Å². The number of aliphatic hydroxyl groups excluding tert-OH is 1. The number of benzene rings is 2. The summed E-state index contributed by atoms with van der Waals surface area (Å²) in [6.45, 7) is 6.57.